The predicted octanol–water partition coefficient (Wildman–Crippen LogP) is 3.94. The van der Waals surface area contributed by atoms with Crippen LogP contribution >= 0.6 is 11.6 Å². The smallest absolute Gasteiger partial charge is 0.243 e. The fourth-order valence-corrected chi connectivity index (χ4v) is 6.60. The predicted molar refractivity (Wildman–Crippen MR) is 103 cm³/mol. The summed E-state index contributed by atoms with van der Waals surface area (Å²) >= 11 is 6.81. The van der Waals surface area contributed by atoms with E-state index in [-0.39, 0.29) is 28.6 Å². The van der Waals surface area contributed by atoms with Crippen molar-refractivity contribution < 1.29 is 9.59 Å². The van der Waals surface area contributed by atoms with Crippen LogP contribution in [0.15, 0.2) is 18.2 Å². The van der Waals surface area contributed by atoms with E-state index in [4.69, 9.17) is 11.6 Å². The van der Waals surface area contributed by atoms with Crippen LogP contribution in [0.4, 0.5) is 5.69 Å². The number of halogens is 1. The number of hydrogen-bond donors (Lipinski definition) is 2. The molecule has 0 heterocycles. The number of aryl methyl sites for hydroxylation is 2. The Balaban J connectivity index is 1.37. The molecule has 0 aromatic heterocycles. The van der Waals surface area contributed by atoms with Crippen LogP contribution in [-0.4, -0.2) is 23.2 Å². The normalized spacial score (nSPS) is 34.6. The maximum atomic E-state index is 13.0. The topological polar surface area (TPSA) is 58.2 Å². The van der Waals surface area contributed by atoms with Crippen molar-refractivity contribution in [3.8, 4) is 0 Å². The highest BCUT2D eigenvalue weighted by molar-refractivity contribution is 6.24. The fraction of sp³-hybridized carbons (Fsp3) is 0.619. The Kier molecular flexibility index (Phi) is 4.30. The van der Waals surface area contributed by atoms with E-state index in [1.165, 1.54) is 6.42 Å². The summed E-state index contributed by atoms with van der Waals surface area (Å²) in [6.07, 6.45) is 5.95. The first-order chi connectivity index (χ1) is 12.3. The lowest BCUT2D eigenvalue weighted by Crippen LogP contribution is -2.58. The summed E-state index contributed by atoms with van der Waals surface area (Å²) in [5, 5.41) is 5.79. The third-order valence-electron chi connectivity index (χ3n) is 6.54. The van der Waals surface area contributed by atoms with Gasteiger partial charge in [0.1, 0.15) is 0 Å². The summed E-state index contributed by atoms with van der Waals surface area (Å²) in [5.41, 5.74) is 2.62. The second-order valence-electron chi connectivity index (χ2n) is 8.94. The van der Waals surface area contributed by atoms with Gasteiger partial charge >= 0.3 is 0 Å². The molecule has 1 aromatic carbocycles. The van der Waals surface area contributed by atoms with Crippen LogP contribution in [0.1, 0.15) is 49.7 Å². The molecule has 0 radical (unpaired) electrons. The van der Waals surface area contributed by atoms with Gasteiger partial charge in [0.2, 0.25) is 11.8 Å². The Labute approximate surface area is 160 Å². The van der Waals surface area contributed by atoms with Crippen LogP contribution in [0.25, 0.3) is 0 Å². The highest BCUT2D eigenvalue weighted by Crippen LogP contribution is 2.63. The lowest BCUT2D eigenvalue weighted by atomic mass is 9.49. The zero-order valence-electron chi connectivity index (χ0n) is 15.5. The molecule has 2 amide bonds. The van der Waals surface area contributed by atoms with Crippen molar-refractivity contribution >= 4 is 29.1 Å². The Bertz CT molecular complexity index is 746. The van der Waals surface area contributed by atoms with Crippen molar-refractivity contribution in [3.63, 3.8) is 0 Å². The molecule has 2 unspecified atom stereocenters. The maximum Gasteiger partial charge on any atom is 0.243 e. The molecule has 5 heteroatoms. The van der Waals surface area contributed by atoms with Gasteiger partial charge in [-0.15, -0.1) is 11.6 Å². The molecule has 4 fully saturated rings. The van der Waals surface area contributed by atoms with Gasteiger partial charge in [-0.1, -0.05) is 17.7 Å². The molecule has 4 saturated carbocycles. The second kappa shape index (κ2) is 6.26. The van der Waals surface area contributed by atoms with Gasteiger partial charge in [-0.05, 0) is 75.8 Å². The summed E-state index contributed by atoms with van der Waals surface area (Å²) in [5.74, 6) is 0.982. The van der Waals surface area contributed by atoms with Gasteiger partial charge in [0.25, 0.3) is 0 Å². The molecular weight excluding hydrogens is 348 g/mol. The Morgan fingerprint density at radius 2 is 1.85 bits per heavy atom. The molecule has 0 aliphatic heterocycles. The molecular formula is C21H27ClN2O2. The molecule has 0 spiro atoms. The van der Waals surface area contributed by atoms with Crippen LogP contribution < -0.4 is 10.6 Å². The molecule has 4 aliphatic carbocycles. The number of rotatable bonds is 4. The minimum Gasteiger partial charge on any atom is -0.347 e. The van der Waals surface area contributed by atoms with Crippen molar-refractivity contribution in [3.05, 3.63) is 29.3 Å². The number of amides is 2. The van der Waals surface area contributed by atoms with E-state index in [1.54, 1.807) is 0 Å². The third kappa shape index (κ3) is 3.24. The summed E-state index contributed by atoms with van der Waals surface area (Å²) < 4.78 is 0. The Morgan fingerprint density at radius 3 is 2.46 bits per heavy atom. The van der Waals surface area contributed by atoms with Gasteiger partial charge in [0, 0.05) is 10.6 Å². The lowest BCUT2D eigenvalue weighted by molar-refractivity contribution is -0.145. The van der Waals surface area contributed by atoms with Gasteiger partial charge in [-0.3, -0.25) is 9.59 Å². The SMILES string of the molecule is Cc1ccc(NC(=O)CNC(=O)C23C[C@@H]4C[C@@H](CC(Cl)(C4)C2)C3)c(C)c1. The van der Waals surface area contributed by atoms with Gasteiger partial charge < -0.3 is 10.6 Å². The quantitative estimate of drug-likeness (QED) is 0.784. The lowest BCUT2D eigenvalue weighted by Gasteiger charge is -2.59. The van der Waals surface area contributed by atoms with Gasteiger partial charge in [0.15, 0.2) is 0 Å². The molecule has 1 aromatic rings. The Hall–Kier alpha value is -1.55. The molecule has 0 saturated heterocycles. The maximum absolute atomic E-state index is 13.0. The first-order valence-corrected chi connectivity index (χ1v) is 9.99. The number of anilines is 1. The monoisotopic (exact) mass is 374 g/mol. The van der Waals surface area contributed by atoms with Crippen molar-refractivity contribution in [2.75, 3.05) is 11.9 Å². The number of nitrogens with one attached hydrogen (secondary N) is 2. The van der Waals surface area contributed by atoms with Gasteiger partial charge in [0.05, 0.1) is 12.0 Å². The third-order valence-corrected chi connectivity index (χ3v) is 6.98. The van der Waals surface area contributed by atoms with Gasteiger partial charge in [-0.25, -0.2) is 0 Å². The first kappa shape index (κ1) is 17.8. The average molecular weight is 375 g/mol. The minimum absolute atomic E-state index is 0.0124. The van der Waals surface area contributed by atoms with Crippen LogP contribution in [0, 0.1) is 31.1 Å². The zero-order chi connectivity index (χ0) is 18.5. The highest BCUT2D eigenvalue weighted by atomic mass is 35.5. The van der Waals surface area contributed by atoms with E-state index in [2.05, 4.69) is 10.6 Å². The van der Waals surface area contributed by atoms with E-state index < -0.39 is 0 Å². The summed E-state index contributed by atoms with van der Waals surface area (Å²) in [7, 11) is 0. The molecule has 4 bridgehead atoms. The molecule has 5 rings (SSSR count). The first-order valence-electron chi connectivity index (χ1n) is 9.61. The molecule has 26 heavy (non-hydrogen) atoms. The number of hydrogen-bond acceptors (Lipinski definition) is 2. The summed E-state index contributed by atoms with van der Waals surface area (Å²) in [6, 6.07) is 5.90. The van der Waals surface area contributed by atoms with Crippen LogP contribution in [0.2, 0.25) is 0 Å². The van der Waals surface area contributed by atoms with E-state index in [0.717, 1.165) is 48.9 Å². The van der Waals surface area contributed by atoms with Crippen molar-refractivity contribution in [2.45, 2.75) is 57.2 Å². The minimum atomic E-state index is -0.355. The van der Waals surface area contributed by atoms with Crippen molar-refractivity contribution in [1.82, 2.24) is 5.32 Å². The standard InChI is InChI=1S/C21H27ClN2O2/c1-13-3-4-17(14(2)5-13)24-18(25)11-23-19(26)20-7-15-6-16(8-20)10-21(22,9-15)12-20/h3-5,15-16H,6-12H2,1-2H3,(H,23,26)(H,24,25)/t15-,16+,20?,21?. The number of alkyl halides is 1. The Morgan fingerprint density at radius 1 is 1.15 bits per heavy atom. The number of carbonyl (C=O) groups is 2. The van der Waals surface area contributed by atoms with Crippen LogP contribution in [-0.2, 0) is 9.59 Å². The largest absolute Gasteiger partial charge is 0.347 e. The van der Waals surface area contributed by atoms with Crippen LogP contribution in [0.3, 0.4) is 0 Å². The molecule has 2 N–H and O–H groups in total. The van der Waals surface area contributed by atoms with E-state index in [1.807, 2.05) is 32.0 Å². The van der Waals surface area contributed by atoms with E-state index in [9.17, 15) is 9.59 Å². The second-order valence-corrected chi connectivity index (χ2v) is 9.74. The van der Waals surface area contributed by atoms with Crippen LogP contribution in [0.5, 0.6) is 0 Å². The molecule has 4 aliphatic rings. The van der Waals surface area contributed by atoms with E-state index in [0.29, 0.717) is 11.8 Å². The highest BCUT2D eigenvalue weighted by Gasteiger charge is 2.60. The number of benzene rings is 1. The molecule has 4 nitrogen and oxygen atoms in total. The van der Waals surface area contributed by atoms with E-state index >= 15 is 0 Å². The van der Waals surface area contributed by atoms with Crippen molar-refractivity contribution in [1.29, 1.82) is 0 Å². The fourth-order valence-electron chi connectivity index (χ4n) is 5.91. The average Bonchev–Trinajstić information content (AvgIpc) is 2.53. The zero-order valence-corrected chi connectivity index (χ0v) is 16.3. The molecule has 4 atom stereocenters. The molecule has 140 valence electrons. The van der Waals surface area contributed by atoms with Crippen molar-refractivity contribution in [2.24, 2.45) is 17.3 Å². The number of carbonyl (C=O) groups excluding carboxylic acids is 2. The summed E-state index contributed by atoms with van der Waals surface area (Å²) in [6.45, 7) is 4.00. The van der Waals surface area contributed by atoms with Gasteiger partial charge in [-0.2, -0.15) is 0 Å². The summed E-state index contributed by atoms with van der Waals surface area (Å²) in [4.78, 5) is 25.1.